The molecule has 3 aromatic carbocycles. The van der Waals surface area contributed by atoms with Crippen molar-refractivity contribution in [2.75, 3.05) is 16.8 Å². The number of anilines is 4. The number of nitrogens with zero attached hydrogens (tertiary/aromatic N) is 3. The van der Waals surface area contributed by atoms with E-state index in [0.29, 0.717) is 22.9 Å². The maximum atomic E-state index is 13.2. The molecular weight excluding hydrogens is 483 g/mol. The van der Waals surface area contributed by atoms with Crippen LogP contribution >= 0.6 is 15.9 Å². The van der Waals surface area contributed by atoms with Crippen molar-refractivity contribution in [3.8, 4) is 22.5 Å². The molecule has 0 aliphatic carbocycles. The number of hydrogen-bond donors (Lipinski definition) is 3. The standard InChI is InChI=1S/C25H18BrFN6/c26-16-5-1-14(2-6-16)23-13-24(33-25(29)32-23)30-18-9-10-21-19(11-18)20(28)12-22(31-21)15-3-7-17(27)8-4-15/h1-13H,(H2,28,31)(H3,29,30,32,33). The molecule has 2 heterocycles. The van der Waals surface area contributed by atoms with Gasteiger partial charge in [-0.15, -0.1) is 0 Å². The maximum Gasteiger partial charge on any atom is 0.222 e. The molecule has 2 aromatic heterocycles. The maximum absolute atomic E-state index is 13.2. The predicted octanol–water partition coefficient (Wildman–Crippen LogP) is 6.17. The predicted molar refractivity (Wildman–Crippen MR) is 134 cm³/mol. The number of halogens is 2. The largest absolute Gasteiger partial charge is 0.398 e. The molecule has 0 aliphatic rings. The van der Waals surface area contributed by atoms with E-state index < -0.39 is 0 Å². The van der Waals surface area contributed by atoms with Crippen molar-refractivity contribution in [2.45, 2.75) is 0 Å². The van der Waals surface area contributed by atoms with Crippen LogP contribution in [-0.4, -0.2) is 15.0 Å². The summed E-state index contributed by atoms with van der Waals surface area (Å²) in [4.78, 5) is 13.3. The summed E-state index contributed by atoms with van der Waals surface area (Å²) in [5.74, 6) is 0.440. The highest BCUT2D eigenvalue weighted by molar-refractivity contribution is 9.10. The molecule has 0 saturated heterocycles. The highest BCUT2D eigenvalue weighted by Gasteiger charge is 2.09. The Labute approximate surface area is 197 Å². The van der Waals surface area contributed by atoms with Crippen molar-refractivity contribution in [3.05, 3.63) is 89.2 Å². The van der Waals surface area contributed by atoms with E-state index >= 15 is 0 Å². The normalized spacial score (nSPS) is 11.0. The van der Waals surface area contributed by atoms with Crippen LogP contribution in [0.15, 0.2) is 83.3 Å². The summed E-state index contributed by atoms with van der Waals surface area (Å²) in [5, 5.41) is 4.07. The molecule has 33 heavy (non-hydrogen) atoms. The molecule has 0 saturated carbocycles. The van der Waals surface area contributed by atoms with E-state index in [1.165, 1.54) is 12.1 Å². The summed E-state index contributed by atoms with van der Waals surface area (Å²) in [7, 11) is 0. The molecule has 6 nitrogen and oxygen atoms in total. The Balaban J connectivity index is 1.47. The third-order valence-electron chi connectivity index (χ3n) is 5.14. The van der Waals surface area contributed by atoms with E-state index in [4.69, 9.17) is 11.5 Å². The number of hydrogen-bond acceptors (Lipinski definition) is 6. The van der Waals surface area contributed by atoms with Gasteiger partial charge in [0, 0.05) is 38.4 Å². The number of rotatable bonds is 4. The Bertz CT molecular complexity index is 1470. The number of nitrogens with two attached hydrogens (primary N) is 2. The third-order valence-corrected chi connectivity index (χ3v) is 5.67. The quantitative estimate of drug-likeness (QED) is 0.272. The van der Waals surface area contributed by atoms with Crippen LogP contribution in [0.5, 0.6) is 0 Å². The van der Waals surface area contributed by atoms with Gasteiger partial charge in [0.15, 0.2) is 0 Å². The molecule has 162 valence electrons. The number of nitrogen functional groups attached to an aromatic ring is 2. The van der Waals surface area contributed by atoms with Crippen LogP contribution in [0.3, 0.4) is 0 Å². The van der Waals surface area contributed by atoms with E-state index in [1.807, 2.05) is 48.5 Å². The molecule has 0 radical (unpaired) electrons. The van der Waals surface area contributed by atoms with Gasteiger partial charge in [-0.3, -0.25) is 0 Å². The number of nitrogens with one attached hydrogen (secondary N) is 1. The van der Waals surface area contributed by atoms with Gasteiger partial charge in [0.1, 0.15) is 11.6 Å². The summed E-state index contributed by atoms with van der Waals surface area (Å²) in [6.07, 6.45) is 0. The van der Waals surface area contributed by atoms with Gasteiger partial charge in [0.05, 0.1) is 16.9 Å². The van der Waals surface area contributed by atoms with E-state index in [9.17, 15) is 4.39 Å². The van der Waals surface area contributed by atoms with Crippen molar-refractivity contribution in [1.82, 2.24) is 15.0 Å². The number of aromatic nitrogens is 3. The highest BCUT2D eigenvalue weighted by Crippen LogP contribution is 2.30. The Morgan fingerprint density at radius 1 is 0.727 bits per heavy atom. The van der Waals surface area contributed by atoms with Crippen LogP contribution in [0.4, 0.5) is 27.5 Å². The van der Waals surface area contributed by atoms with E-state index in [1.54, 1.807) is 18.2 Å². The first-order valence-electron chi connectivity index (χ1n) is 10.1. The molecule has 5 N–H and O–H groups in total. The molecule has 5 rings (SSSR count). The van der Waals surface area contributed by atoms with Gasteiger partial charge < -0.3 is 16.8 Å². The van der Waals surface area contributed by atoms with Crippen molar-refractivity contribution in [3.63, 3.8) is 0 Å². The first kappa shape index (κ1) is 20.8. The average Bonchev–Trinajstić information content (AvgIpc) is 2.80. The second-order valence-electron chi connectivity index (χ2n) is 7.46. The zero-order valence-corrected chi connectivity index (χ0v) is 18.8. The van der Waals surface area contributed by atoms with Crippen LogP contribution in [0.2, 0.25) is 0 Å². The fourth-order valence-electron chi connectivity index (χ4n) is 3.54. The SMILES string of the molecule is Nc1nc(Nc2ccc3nc(-c4ccc(F)cc4)cc(N)c3c2)cc(-c2ccc(Br)cc2)n1. The zero-order valence-electron chi connectivity index (χ0n) is 17.3. The van der Waals surface area contributed by atoms with Gasteiger partial charge in [-0.25, -0.2) is 14.4 Å². The highest BCUT2D eigenvalue weighted by atomic mass is 79.9. The van der Waals surface area contributed by atoms with Crippen LogP contribution < -0.4 is 16.8 Å². The molecule has 0 amide bonds. The molecule has 8 heteroatoms. The van der Waals surface area contributed by atoms with Crippen LogP contribution in [0, 0.1) is 5.82 Å². The number of fused-ring (bicyclic) bond motifs is 1. The van der Waals surface area contributed by atoms with E-state index in [0.717, 1.165) is 32.2 Å². The topological polar surface area (TPSA) is 103 Å². The van der Waals surface area contributed by atoms with Gasteiger partial charge in [-0.05, 0) is 60.7 Å². The zero-order chi connectivity index (χ0) is 22.9. The van der Waals surface area contributed by atoms with Gasteiger partial charge in [-0.2, -0.15) is 4.98 Å². The lowest BCUT2D eigenvalue weighted by Gasteiger charge is -2.11. The van der Waals surface area contributed by atoms with E-state index in [2.05, 4.69) is 36.2 Å². The second kappa shape index (κ2) is 8.48. The van der Waals surface area contributed by atoms with Gasteiger partial charge >= 0.3 is 0 Å². The van der Waals surface area contributed by atoms with Crippen molar-refractivity contribution in [2.24, 2.45) is 0 Å². The molecule has 0 fully saturated rings. The summed E-state index contributed by atoms with van der Waals surface area (Å²) in [6.45, 7) is 0. The first-order chi connectivity index (χ1) is 15.9. The minimum Gasteiger partial charge on any atom is -0.398 e. The fraction of sp³-hybridized carbons (Fsp3) is 0. The lowest BCUT2D eigenvalue weighted by molar-refractivity contribution is 0.628. The lowest BCUT2D eigenvalue weighted by Crippen LogP contribution is -2.02. The molecule has 5 aromatic rings. The minimum atomic E-state index is -0.295. The lowest BCUT2D eigenvalue weighted by atomic mass is 10.1. The Hall–Kier alpha value is -4.04. The Morgan fingerprint density at radius 2 is 1.39 bits per heavy atom. The fourth-order valence-corrected chi connectivity index (χ4v) is 3.81. The molecule has 0 aliphatic heterocycles. The van der Waals surface area contributed by atoms with E-state index in [-0.39, 0.29) is 11.8 Å². The first-order valence-corrected chi connectivity index (χ1v) is 10.9. The Morgan fingerprint density at radius 3 is 2.12 bits per heavy atom. The van der Waals surface area contributed by atoms with Gasteiger partial charge in [-0.1, -0.05) is 28.1 Å². The van der Waals surface area contributed by atoms with Crippen LogP contribution in [-0.2, 0) is 0 Å². The Kier molecular flexibility index (Phi) is 5.35. The summed E-state index contributed by atoms with van der Waals surface area (Å²) >= 11 is 3.44. The van der Waals surface area contributed by atoms with Crippen LogP contribution in [0.25, 0.3) is 33.4 Å². The van der Waals surface area contributed by atoms with Crippen molar-refractivity contribution >= 4 is 50.0 Å². The molecule has 0 unspecified atom stereocenters. The van der Waals surface area contributed by atoms with Gasteiger partial charge in [0.25, 0.3) is 0 Å². The van der Waals surface area contributed by atoms with Gasteiger partial charge in [0.2, 0.25) is 5.95 Å². The molecular formula is C25H18BrFN6. The van der Waals surface area contributed by atoms with Crippen LogP contribution in [0.1, 0.15) is 0 Å². The summed E-state index contributed by atoms with van der Waals surface area (Å²) in [5.41, 5.74) is 17.5. The molecule has 0 spiro atoms. The third kappa shape index (κ3) is 4.47. The van der Waals surface area contributed by atoms with Crippen molar-refractivity contribution < 1.29 is 4.39 Å². The van der Waals surface area contributed by atoms with Crippen molar-refractivity contribution in [1.29, 1.82) is 0 Å². The summed E-state index contributed by atoms with van der Waals surface area (Å²) < 4.78 is 14.2. The average molecular weight is 501 g/mol. The molecule has 0 atom stereocenters. The minimum absolute atomic E-state index is 0.170. The monoisotopic (exact) mass is 500 g/mol. The molecule has 0 bridgehead atoms. The number of pyridine rings is 1. The summed E-state index contributed by atoms with van der Waals surface area (Å²) in [6, 6.07) is 23.3. The number of benzene rings is 3. The second-order valence-corrected chi connectivity index (χ2v) is 8.38. The smallest absolute Gasteiger partial charge is 0.222 e.